The summed E-state index contributed by atoms with van der Waals surface area (Å²) in [5, 5.41) is 3.19. The Labute approximate surface area is 167 Å². The number of ether oxygens (including phenoxy) is 2. The van der Waals surface area contributed by atoms with Crippen LogP contribution in [0.4, 0.5) is 5.00 Å². The number of amides is 1. The van der Waals surface area contributed by atoms with E-state index >= 15 is 0 Å². The minimum absolute atomic E-state index is 0.0379. The van der Waals surface area contributed by atoms with E-state index in [0.29, 0.717) is 16.3 Å². The van der Waals surface area contributed by atoms with Crippen molar-refractivity contribution in [2.75, 3.05) is 11.9 Å². The second-order valence-electron chi connectivity index (χ2n) is 6.58. The first-order chi connectivity index (χ1) is 13.4. The van der Waals surface area contributed by atoms with Gasteiger partial charge in [-0.15, -0.1) is 11.3 Å². The van der Waals surface area contributed by atoms with Gasteiger partial charge in [-0.1, -0.05) is 0 Å². The molecule has 2 aromatic heterocycles. The Bertz CT molecular complexity index is 897. The second-order valence-corrected chi connectivity index (χ2v) is 7.69. The molecule has 1 amide bonds. The lowest BCUT2D eigenvalue weighted by molar-refractivity contribution is -0.123. The Balaban J connectivity index is 1.74. The van der Waals surface area contributed by atoms with Gasteiger partial charge in [-0.2, -0.15) is 0 Å². The van der Waals surface area contributed by atoms with E-state index in [1.165, 1.54) is 24.3 Å². The fourth-order valence-electron chi connectivity index (χ4n) is 3.10. The maximum Gasteiger partial charge on any atom is 0.375 e. The summed E-state index contributed by atoms with van der Waals surface area (Å²) in [5.74, 6) is -1.05. The largest absolute Gasteiger partial charge is 0.462 e. The fourth-order valence-corrected chi connectivity index (χ4v) is 4.38. The van der Waals surface area contributed by atoms with E-state index in [1.807, 2.05) is 0 Å². The van der Waals surface area contributed by atoms with Gasteiger partial charge in [-0.3, -0.25) is 4.79 Å². The average molecular weight is 405 g/mol. The minimum Gasteiger partial charge on any atom is -0.462 e. The number of thiophene rings is 1. The number of aryl methyl sites for hydroxylation is 2. The Kier molecular flexibility index (Phi) is 6.18. The molecule has 0 fully saturated rings. The lowest BCUT2D eigenvalue weighted by Gasteiger charge is -2.14. The SMILES string of the molecule is CCOC(=O)c1c(NC(=O)C(C)OC(=O)c2ccc(C)o2)sc2c1CCCC2. The summed E-state index contributed by atoms with van der Waals surface area (Å²) in [6.07, 6.45) is 2.68. The number of esters is 2. The summed E-state index contributed by atoms with van der Waals surface area (Å²) in [6.45, 7) is 5.18. The van der Waals surface area contributed by atoms with E-state index in [2.05, 4.69) is 5.32 Å². The highest BCUT2D eigenvalue weighted by molar-refractivity contribution is 7.17. The molecule has 0 aliphatic heterocycles. The summed E-state index contributed by atoms with van der Waals surface area (Å²) < 4.78 is 15.6. The molecule has 7 nitrogen and oxygen atoms in total. The zero-order valence-corrected chi connectivity index (χ0v) is 16.9. The number of carbonyl (C=O) groups excluding carboxylic acids is 3. The van der Waals surface area contributed by atoms with Gasteiger partial charge in [-0.25, -0.2) is 9.59 Å². The van der Waals surface area contributed by atoms with E-state index in [9.17, 15) is 14.4 Å². The van der Waals surface area contributed by atoms with Gasteiger partial charge in [0.25, 0.3) is 5.91 Å². The van der Waals surface area contributed by atoms with Crippen LogP contribution in [0, 0.1) is 6.92 Å². The van der Waals surface area contributed by atoms with Crippen LogP contribution in [-0.2, 0) is 27.1 Å². The molecule has 0 saturated carbocycles. The lowest BCUT2D eigenvalue weighted by atomic mass is 9.95. The van der Waals surface area contributed by atoms with Crippen LogP contribution >= 0.6 is 11.3 Å². The quantitative estimate of drug-likeness (QED) is 0.733. The zero-order chi connectivity index (χ0) is 20.3. The third-order valence-electron chi connectivity index (χ3n) is 4.48. The predicted molar refractivity (Wildman–Crippen MR) is 104 cm³/mol. The van der Waals surface area contributed by atoms with Crippen LogP contribution in [0.3, 0.4) is 0 Å². The second kappa shape index (κ2) is 8.60. The molecule has 2 aromatic rings. The summed E-state index contributed by atoms with van der Waals surface area (Å²) >= 11 is 1.39. The smallest absolute Gasteiger partial charge is 0.375 e. The van der Waals surface area contributed by atoms with E-state index in [0.717, 1.165) is 36.1 Å². The van der Waals surface area contributed by atoms with Crippen LogP contribution in [0.2, 0.25) is 0 Å². The van der Waals surface area contributed by atoms with Crippen LogP contribution < -0.4 is 5.32 Å². The maximum absolute atomic E-state index is 12.6. The van der Waals surface area contributed by atoms with Crippen LogP contribution in [0.5, 0.6) is 0 Å². The lowest BCUT2D eigenvalue weighted by Crippen LogP contribution is -2.30. The highest BCUT2D eigenvalue weighted by atomic mass is 32.1. The normalized spacial score (nSPS) is 14.1. The molecule has 1 unspecified atom stereocenters. The van der Waals surface area contributed by atoms with Crippen molar-refractivity contribution >= 4 is 34.2 Å². The molecule has 1 aliphatic rings. The summed E-state index contributed by atoms with van der Waals surface area (Å²) in [6, 6.07) is 3.14. The molecule has 0 spiro atoms. The van der Waals surface area contributed by atoms with Crippen LogP contribution in [0.25, 0.3) is 0 Å². The van der Waals surface area contributed by atoms with E-state index in [-0.39, 0.29) is 12.4 Å². The Morgan fingerprint density at radius 3 is 2.64 bits per heavy atom. The molecule has 1 atom stereocenters. The van der Waals surface area contributed by atoms with Crippen molar-refractivity contribution in [1.82, 2.24) is 0 Å². The summed E-state index contributed by atoms with van der Waals surface area (Å²) in [5.41, 5.74) is 1.38. The fraction of sp³-hybridized carbons (Fsp3) is 0.450. The Hall–Kier alpha value is -2.61. The van der Waals surface area contributed by atoms with Gasteiger partial charge in [0.15, 0.2) is 6.10 Å². The third kappa shape index (κ3) is 4.27. The number of nitrogens with one attached hydrogen (secondary N) is 1. The highest BCUT2D eigenvalue weighted by Gasteiger charge is 2.29. The molecular formula is C20H23NO6S. The van der Waals surface area contributed by atoms with Crippen LogP contribution in [-0.4, -0.2) is 30.6 Å². The standard InChI is InChI=1S/C20H23NO6S/c1-4-25-20(24)16-13-7-5-6-8-15(13)28-18(16)21-17(22)12(3)27-19(23)14-10-9-11(2)26-14/h9-10,12H,4-8H2,1-3H3,(H,21,22). The Morgan fingerprint density at radius 2 is 1.96 bits per heavy atom. The van der Waals surface area contributed by atoms with E-state index < -0.39 is 23.9 Å². The number of furan rings is 1. The molecule has 28 heavy (non-hydrogen) atoms. The number of hydrogen-bond donors (Lipinski definition) is 1. The van der Waals surface area contributed by atoms with Crippen molar-refractivity contribution in [3.05, 3.63) is 39.7 Å². The monoisotopic (exact) mass is 405 g/mol. The molecule has 150 valence electrons. The van der Waals surface area contributed by atoms with Crippen molar-refractivity contribution in [2.45, 2.75) is 52.6 Å². The number of rotatable bonds is 6. The third-order valence-corrected chi connectivity index (χ3v) is 5.69. The van der Waals surface area contributed by atoms with E-state index in [1.54, 1.807) is 19.9 Å². The predicted octanol–water partition coefficient (Wildman–Crippen LogP) is 3.89. The number of carbonyl (C=O) groups is 3. The molecule has 8 heteroatoms. The molecule has 0 bridgehead atoms. The average Bonchev–Trinajstić information content (AvgIpc) is 3.25. The molecule has 2 heterocycles. The van der Waals surface area contributed by atoms with Crippen molar-refractivity contribution in [2.24, 2.45) is 0 Å². The maximum atomic E-state index is 12.6. The Morgan fingerprint density at radius 1 is 1.21 bits per heavy atom. The molecule has 1 N–H and O–H groups in total. The molecule has 0 aromatic carbocycles. The number of hydrogen-bond acceptors (Lipinski definition) is 7. The van der Waals surface area contributed by atoms with Gasteiger partial charge in [-0.05, 0) is 64.2 Å². The molecule has 0 radical (unpaired) electrons. The topological polar surface area (TPSA) is 94.8 Å². The first kappa shape index (κ1) is 20.1. The number of anilines is 1. The van der Waals surface area contributed by atoms with Crippen LogP contribution in [0.1, 0.15) is 63.8 Å². The first-order valence-corrected chi connectivity index (χ1v) is 10.1. The van der Waals surface area contributed by atoms with Gasteiger partial charge in [0, 0.05) is 4.88 Å². The molecule has 3 rings (SSSR count). The molecular weight excluding hydrogens is 382 g/mol. The van der Waals surface area contributed by atoms with Gasteiger partial charge in [0.1, 0.15) is 10.8 Å². The first-order valence-electron chi connectivity index (χ1n) is 9.30. The van der Waals surface area contributed by atoms with Gasteiger partial charge >= 0.3 is 11.9 Å². The van der Waals surface area contributed by atoms with Crippen molar-refractivity contribution in [3.63, 3.8) is 0 Å². The van der Waals surface area contributed by atoms with Crippen LogP contribution in [0.15, 0.2) is 16.5 Å². The van der Waals surface area contributed by atoms with Crippen molar-refractivity contribution in [3.8, 4) is 0 Å². The van der Waals surface area contributed by atoms with Crippen molar-refractivity contribution < 1.29 is 28.3 Å². The van der Waals surface area contributed by atoms with E-state index in [4.69, 9.17) is 13.9 Å². The van der Waals surface area contributed by atoms with Gasteiger partial charge in [0.2, 0.25) is 5.76 Å². The highest BCUT2D eigenvalue weighted by Crippen LogP contribution is 2.38. The van der Waals surface area contributed by atoms with Gasteiger partial charge < -0.3 is 19.2 Å². The number of fused-ring (bicyclic) bond motifs is 1. The van der Waals surface area contributed by atoms with Gasteiger partial charge in [0.05, 0.1) is 12.2 Å². The molecule has 1 aliphatic carbocycles. The molecule has 0 saturated heterocycles. The summed E-state index contributed by atoms with van der Waals surface area (Å²) in [7, 11) is 0. The summed E-state index contributed by atoms with van der Waals surface area (Å²) in [4.78, 5) is 38.2. The zero-order valence-electron chi connectivity index (χ0n) is 16.1. The minimum atomic E-state index is -1.05. The van der Waals surface area contributed by atoms with Crippen molar-refractivity contribution in [1.29, 1.82) is 0 Å².